The van der Waals surface area contributed by atoms with Crippen molar-refractivity contribution in [1.82, 2.24) is 20.4 Å². The number of halogens is 1. The number of aromatic nitrogens is 2. The zero-order valence-corrected chi connectivity index (χ0v) is 15.1. The Hall–Kier alpha value is -1.40. The van der Waals surface area contributed by atoms with Crippen LogP contribution in [0, 0.1) is 6.92 Å². The summed E-state index contributed by atoms with van der Waals surface area (Å²) in [6.07, 6.45) is 3.96. The molecule has 1 aromatic carbocycles. The van der Waals surface area contributed by atoms with Crippen LogP contribution in [0.1, 0.15) is 17.7 Å². The smallest absolute Gasteiger partial charge is 0.166 e. The van der Waals surface area contributed by atoms with Crippen LogP contribution in [-0.4, -0.2) is 28.0 Å². The topological polar surface area (TPSA) is 41.9 Å². The van der Waals surface area contributed by atoms with E-state index in [1.54, 1.807) is 0 Å². The summed E-state index contributed by atoms with van der Waals surface area (Å²) in [5.41, 5.74) is 2.34. The van der Waals surface area contributed by atoms with E-state index in [-0.39, 0.29) is 0 Å². The first-order valence-electron chi connectivity index (χ1n) is 7.40. The molecule has 0 saturated heterocycles. The van der Waals surface area contributed by atoms with E-state index in [1.165, 1.54) is 5.56 Å². The Morgan fingerprint density at radius 2 is 1.95 bits per heavy atom. The molecule has 2 N–H and O–H groups in total. The number of rotatable bonds is 7. The van der Waals surface area contributed by atoms with Crippen molar-refractivity contribution in [3.05, 3.63) is 52.3 Å². The summed E-state index contributed by atoms with van der Waals surface area (Å²) in [4.78, 5) is 0. The van der Waals surface area contributed by atoms with Gasteiger partial charge in [-0.25, -0.2) is 0 Å². The second-order valence-corrected chi connectivity index (χ2v) is 6.36. The van der Waals surface area contributed by atoms with Crippen LogP contribution in [0.5, 0.6) is 0 Å². The monoisotopic (exact) mass is 380 g/mol. The molecular weight excluding hydrogens is 360 g/mol. The number of aryl methyl sites for hydroxylation is 2. The fraction of sp³-hybridized carbons (Fsp3) is 0.375. The van der Waals surface area contributed by atoms with Gasteiger partial charge < -0.3 is 10.6 Å². The van der Waals surface area contributed by atoms with Gasteiger partial charge in [-0.3, -0.25) is 4.68 Å². The number of benzene rings is 1. The van der Waals surface area contributed by atoms with Crippen LogP contribution in [0.3, 0.4) is 0 Å². The molecule has 0 atom stereocenters. The SMILES string of the molecule is Cc1nn(CCCNC(=S)NCCc2ccccc2)cc1Br. The van der Waals surface area contributed by atoms with Crippen LogP contribution in [0.4, 0.5) is 0 Å². The third-order valence-corrected chi connectivity index (χ3v) is 4.35. The lowest BCUT2D eigenvalue weighted by Crippen LogP contribution is -2.37. The highest BCUT2D eigenvalue weighted by Gasteiger charge is 2.01. The number of nitrogens with zero attached hydrogens (tertiary/aromatic N) is 2. The van der Waals surface area contributed by atoms with Crippen LogP contribution < -0.4 is 10.6 Å². The van der Waals surface area contributed by atoms with E-state index in [1.807, 2.05) is 23.9 Å². The molecule has 4 nitrogen and oxygen atoms in total. The minimum absolute atomic E-state index is 0.716. The van der Waals surface area contributed by atoms with Gasteiger partial charge in [0.2, 0.25) is 0 Å². The maximum absolute atomic E-state index is 5.27. The van der Waals surface area contributed by atoms with Crippen LogP contribution >= 0.6 is 28.1 Å². The molecule has 0 radical (unpaired) electrons. The lowest BCUT2D eigenvalue weighted by atomic mass is 10.1. The van der Waals surface area contributed by atoms with E-state index >= 15 is 0 Å². The van der Waals surface area contributed by atoms with Gasteiger partial charge in [-0.15, -0.1) is 0 Å². The predicted molar refractivity (Wildman–Crippen MR) is 98.0 cm³/mol. The summed E-state index contributed by atoms with van der Waals surface area (Å²) in [5, 5.41) is 11.6. The molecule has 118 valence electrons. The van der Waals surface area contributed by atoms with Crippen LogP contribution in [0.15, 0.2) is 41.0 Å². The fourth-order valence-corrected chi connectivity index (χ4v) is 2.60. The van der Waals surface area contributed by atoms with Gasteiger partial charge >= 0.3 is 0 Å². The van der Waals surface area contributed by atoms with Crippen molar-refractivity contribution in [3.63, 3.8) is 0 Å². The van der Waals surface area contributed by atoms with Crippen molar-refractivity contribution >= 4 is 33.3 Å². The lowest BCUT2D eigenvalue weighted by molar-refractivity contribution is 0.568. The van der Waals surface area contributed by atoms with Crippen molar-refractivity contribution in [2.45, 2.75) is 26.3 Å². The second kappa shape index (κ2) is 8.90. The Morgan fingerprint density at radius 1 is 1.23 bits per heavy atom. The Bertz CT molecular complexity index is 578. The van der Waals surface area contributed by atoms with E-state index in [2.05, 4.69) is 55.9 Å². The van der Waals surface area contributed by atoms with Gasteiger partial charge in [-0.05, 0) is 53.5 Å². The van der Waals surface area contributed by atoms with Gasteiger partial charge in [0.1, 0.15) is 0 Å². The molecule has 1 heterocycles. The Labute approximate surface area is 145 Å². The summed E-state index contributed by atoms with van der Waals surface area (Å²) < 4.78 is 3.01. The minimum atomic E-state index is 0.716. The zero-order chi connectivity index (χ0) is 15.8. The highest BCUT2D eigenvalue weighted by Crippen LogP contribution is 2.13. The van der Waals surface area contributed by atoms with Gasteiger partial charge in [0.25, 0.3) is 0 Å². The van der Waals surface area contributed by atoms with E-state index in [0.29, 0.717) is 5.11 Å². The van der Waals surface area contributed by atoms with Gasteiger partial charge in [0.05, 0.1) is 10.2 Å². The third-order valence-electron chi connectivity index (χ3n) is 3.28. The zero-order valence-electron chi connectivity index (χ0n) is 12.7. The van der Waals surface area contributed by atoms with E-state index in [0.717, 1.165) is 42.6 Å². The summed E-state index contributed by atoms with van der Waals surface area (Å²) in [7, 11) is 0. The molecule has 2 rings (SSSR count). The first-order chi connectivity index (χ1) is 10.6. The minimum Gasteiger partial charge on any atom is -0.363 e. The van der Waals surface area contributed by atoms with Crippen LogP contribution in [0.2, 0.25) is 0 Å². The van der Waals surface area contributed by atoms with Gasteiger partial charge in [0, 0.05) is 25.8 Å². The quantitative estimate of drug-likeness (QED) is 0.572. The summed E-state index contributed by atoms with van der Waals surface area (Å²) in [5.74, 6) is 0. The Kier molecular flexibility index (Phi) is 6.86. The number of nitrogens with one attached hydrogen (secondary N) is 2. The van der Waals surface area contributed by atoms with E-state index < -0.39 is 0 Å². The molecule has 0 bridgehead atoms. The predicted octanol–water partition coefficient (Wildman–Crippen LogP) is 3.05. The molecule has 2 aromatic rings. The Morgan fingerprint density at radius 3 is 2.64 bits per heavy atom. The summed E-state index contributed by atoms with van der Waals surface area (Å²) in [6.45, 7) is 4.56. The maximum atomic E-state index is 5.27. The van der Waals surface area contributed by atoms with E-state index in [9.17, 15) is 0 Å². The molecule has 0 saturated carbocycles. The van der Waals surface area contributed by atoms with E-state index in [4.69, 9.17) is 12.2 Å². The number of hydrogen-bond acceptors (Lipinski definition) is 2. The highest BCUT2D eigenvalue weighted by molar-refractivity contribution is 9.10. The standard InChI is InChI=1S/C16H21BrN4S/c1-13-15(17)12-21(20-13)11-5-9-18-16(22)19-10-8-14-6-3-2-4-7-14/h2-4,6-7,12H,5,8-11H2,1H3,(H2,18,19,22). The van der Waals surface area contributed by atoms with Crippen LogP contribution in [0.25, 0.3) is 0 Å². The molecule has 22 heavy (non-hydrogen) atoms. The van der Waals surface area contributed by atoms with Crippen molar-refractivity contribution in [1.29, 1.82) is 0 Å². The molecule has 6 heteroatoms. The molecule has 0 aliphatic rings. The largest absolute Gasteiger partial charge is 0.363 e. The number of thiocarbonyl (C=S) groups is 1. The average Bonchev–Trinajstić information content (AvgIpc) is 2.83. The summed E-state index contributed by atoms with van der Waals surface area (Å²) in [6, 6.07) is 10.4. The Balaban J connectivity index is 1.56. The van der Waals surface area contributed by atoms with Crippen molar-refractivity contribution < 1.29 is 0 Å². The molecule has 0 spiro atoms. The van der Waals surface area contributed by atoms with Crippen LogP contribution in [-0.2, 0) is 13.0 Å². The third kappa shape index (κ3) is 5.77. The van der Waals surface area contributed by atoms with Gasteiger partial charge in [0.15, 0.2) is 5.11 Å². The number of hydrogen-bond donors (Lipinski definition) is 2. The first-order valence-corrected chi connectivity index (χ1v) is 8.60. The van der Waals surface area contributed by atoms with Crippen molar-refractivity contribution in [2.75, 3.05) is 13.1 Å². The average molecular weight is 381 g/mol. The second-order valence-electron chi connectivity index (χ2n) is 5.10. The molecule has 0 fully saturated rings. The molecule has 0 unspecified atom stereocenters. The maximum Gasteiger partial charge on any atom is 0.166 e. The normalized spacial score (nSPS) is 10.5. The first kappa shape index (κ1) is 17.0. The molecule has 0 aliphatic heterocycles. The van der Waals surface area contributed by atoms with Gasteiger partial charge in [-0.2, -0.15) is 5.10 Å². The summed E-state index contributed by atoms with van der Waals surface area (Å²) >= 11 is 8.74. The lowest BCUT2D eigenvalue weighted by Gasteiger charge is -2.10. The molecule has 0 amide bonds. The molecule has 1 aromatic heterocycles. The van der Waals surface area contributed by atoms with Gasteiger partial charge in [-0.1, -0.05) is 30.3 Å². The van der Waals surface area contributed by atoms with Crippen molar-refractivity contribution in [3.8, 4) is 0 Å². The molecular formula is C16H21BrN4S. The molecule has 0 aliphatic carbocycles. The van der Waals surface area contributed by atoms with Crippen molar-refractivity contribution in [2.24, 2.45) is 0 Å². The highest BCUT2D eigenvalue weighted by atomic mass is 79.9. The fourth-order valence-electron chi connectivity index (χ4n) is 2.08.